The van der Waals surface area contributed by atoms with Crippen molar-refractivity contribution < 1.29 is 9.59 Å². The van der Waals surface area contributed by atoms with Crippen LogP contribution < -0.4 is 5.32 Å². The summed E-state index contributed by atoms with van der Waals surface area (Å²) in [5, 5.41) is 3.59. The molecule has 6 heteroatoms. The molecule has 2 rings (SSSR count). The molecule has 132 valence electrons. The average Bonchev–Trinajstić information content (AvgIpc) is 2.53. The van der Waals surface area contributed by atoms with Crippen molar-refractivity contribution in [2.24, 2.45) is 0 Å². The monoisotopic (exact) mass is 378 g/mol. The maximum Gasteiger partial charge on any atom is 0.243 e. The summed E-state index contributed by atoms with van der Waals surface area (Å²) in [6, 6.07) is 14.9. The molecule has 1 N–H and O–H groups in total. The number of rotatable bonds is 7. The number of carbonyl (C=O) groups excluding carboxylic acids is 2. The Morgan fingerprint density at radius 1 is 1.04 bits per heavy atom. The highest BCUT2D eigenvalue weighted by Gasteiger charge is 2.14. The molecule has 4 nitrogen and oxygen atoms in total. The number of amides is 2. The summed E-state index contributed by atoms with van der Waals surface area (Å²) in [5.41, 5.74) is 1.72. The summed E-state index contributed by atoms with van der Waals surface area (Å²) in [6.07, 6.45) is 1.65. The zero-order chi connectivity index (χ0) is 18.2. The van der Waals surface area contributed by atoms with Gasteiger partial charge in [0.25, 0.3) is 0 Å². The van der Waals surface area contributed by atoms with Crippen molar-refractivity contribution in [3.63, 3.8) is 0 Å². The largest absolute Gasteiger partial charge is 0.334 e. The van der Waals surface area contributed by atoms with Crippen LogP contribution >= 0.6 is 23.2 Å². The van der Waals surface area contributed by atoms with E-state index < -0.39 is 0 Å². The second kappa shape index (κ2) is 9.44. The number of nitrogens with one attached hydrogen (secondary N) is 1. The van der Waals surface area contributed by atoms with Crippen LogP contribution in [0.25, 0.3) is 0 Å². The van der Waals surface area contributed by atoms with Crippen molar-refractivity contribution >= 4 is 40.7 Å². The van der Waals surface area contributed by atoms with E-state index in [0.29, 0.717) is 22.3 Å². The molecule has 25 heavy (non-hydrogen) atoms. The van der Waals surface area contributed by atoms with Crippen LogP contribution in [-0.2, 0) is 16.0 Å². The Kier molecular flexibility index (Phi) is 7.29. The zero-order valence-electron chi connectivity index (χ0n) is 14.0. The van der Waals surface area contributed by atoms with E-state index in [1.165, 1.54) is 17.4 Å². The summed E-state index contributed by atoms with van der Waals surface area (Å²) in [5.74, 6) is -0.416. The van der Waals surface area contributed by atoms with Crippen molar-refractivity contribution in [1.82, 2.24) is 4.90 Å². The number of hydrogen-bond acceptors (Lipinski definition) is 2. The first-order valence-electron chi connectivity index (χ1n) is 7.99. The number of benzene rings is 2. The van der Waals surface area contributed by atoms with Crippen LogP contribution in [0.5, 0.6) is 0 Å². The van der Waals surface area contributed by atoms with E-state index in [9.17, 15) is 9.59 Å². The molecule has 0 heterocycles. The first kappa shape index (κ1) is 19.3. The molecule has 2 aromatic rings. The second-order valence-electron chi connectivity index (χ2n) is 5.74. The smallest absolute Gasteiger partial charge is 0.243 e. The number of carbonyl (C=O) groups is 2. The lowest BCUT2D eigenvalue weighted by atomic mass is 10.1. The van der Waals surface area contributed by atoms with Gasteiger partial charge in [-0.05, 0) is 36.6 Å². The van der Waals surface area contributed by atoms with Gasteiger partial charge in [-0.2, -0.15) is 0 Å². The fraction of sp³-hybridized carbons (Fsp3) is 0.263. The molecule has 2 aromatic carbocycles. The van der Waals surface area contributed by atoms with Crippen LogP contribution in [0.2, 0.25) is 10.0 Å². The molecular weight excluding hydrogens is 359 g/mol. The number of aryl methyl sites for hydroxylation is 1. The molecule has 0 fully saturated rings. The summed E-state index contributed by atoms with van der Waals surface area (Å²) in [6.45, 7) is 1.98. The molecule has 0 bridgehead atoms. The molecule has 0 aliphatic carbocycles. The predicted octanol–water partition coefficient (Wildman–Crippen LogP) is 4.41. The highest BCUT2D eigenvalue weighted by Crippen LogP contribution is 2.22. The number of anilines is 1. The minimum Gasteiger partial charge on any atom is -0.334 e. The highest BCUT2D eigenvalue weighted by molar-refractivity contribution is 6.35. The van der Waals surface area contributed by atoms with Gasteiger partial charge in [0.1, 0.15) is 0 Å². The van der Waals surface area contributed by atoms with Crippen LogP contribution in [0.1, 0.15) is 18.9 Å². The Hall–Kier alpha value is -2.04. The SMILES string of the molecule is CC(=O)N(CCCc1ccccc1)CC(=O)Nc1cc(Cl)cc(Cl)c1. The molecule has 0 aliphatic heterocycles. The van der Waals surface area contributed by atoms with E-state index in [1.807, 2.05) is 30.3 Å². The Morgan fingerprint density at radius 2 is 1.68 bits per heavy atom. The molecule has 2 amide bonds. The van der Waals surface area contributed by atoms with E-state index in [4.69, 9.17) is 23.2 Å². The summed E-state index contributed by atoms with van der Waals surface area (Å²) in [4.78, 5) is 25.5. The van der Waals surface area contributed by atoms with Crippen LogP contribution in [-0.4, -0.2) is 29.8 Å². The Bertz CT molecular complexity index is 715. The van der Waals surface area contributed by atoms with Crippen LogP contribution in [0, 0.1) is 0 Å². The standard InChI is InChI=1S/C19H20Cl2N2O2/c1-14(24)23(9-5-8-15-6-3-2-4-7-15)13-19(25)22-18-11-16(20)10-17(21)12-18/h2-4,6-7,10-12H,5,8-9,13H2,1H3,(H,22,25). The first-order valence-corrected chi connectivity index (χ1v) is 8.75. The Balaban J connectivity index is 1.87. The summed E-state index contributed by atoms with van der Waals surface area (Å²) in [7, 11) is 0. The van der Waals surface area contributed by atoms with Crippen molar-refractivity contribution in [2.45, 2.75) is 19.8 Å². The third-order valence-electron chi connectivity index (χ3n) is 3.66. The summed E-state index contributed by atoms with van der Waals surface area (Å²) >= 11 is 11.8. The number of halogens is 2. The van der Waals surface area contributed by atoms with Gasteiger partial charge in [0.2, 0.25) is 11.8 Å². The number of nitrogens with zero attached hydrogens (tertiary/aromatic N) is 1. The van der Waals surface area contributed by atoms with Crippen molar-refractivity contribution in [3.05, 3.63) is 64.1 Å². The Labute approximate surface area is 157 Å². The van der Waals surface area contributed by atoms with Gasteiger partial charge < -0.3 is 10.2 Å². The van der Waals surface area contributed by atoms with E-state index in [1.54, 1.807) is 18.2 Å². The quantitative estimate of drug-likeness (QED) is 0.775. The van der Waals surface area contributed by atoms with Crippen LogP contribution in [0.4, 0.5) is 5.69 Å². The molecule has 0 unspecified atom stereocenters. The predicted molar refractivity (Wildman–Crippen MR) is 102 cm³/mol. The second-order valence-corrected chi connectivity index (χ2v) is 6.61. The fourth-order valence-corrected chi connectivity index (χ4v) is 2.99. The average molecular weight is 379 g/mol. The molecule has 0 saturated heterocycles. The normalized spacial score (nSPS) is 10.4. The zero-order valence-corrected chi connectivity index (χ0v) is 15.5. The summed E-state index contributed by atoms with van der Waals surface area (Å²) < 4.78 is 0. The van der Waals surface area contributed by atoms with Gasteiger partial charge in [0.05, 0.1) is 6.54 Å². The van der Waals surface area contributed by atoms with E-state index >= 15 is 0 Å². The van der Waals surface area contributed by atoms with Gasteiger partial charge in [0.15, 0.2) is 0 Å². The minimum atomic E-state index is -0.284. The first-order chi connectivity index (χ1) is 11.9. The van der Waals surface area contributed by atoms with Gasteiger partial charge in [-0.3, -0.25) is 9.59 Å². The van der Waals surface area contributed by atoms with Crippen molar-refractivity contribution in [3.8, 4) is 0 Å². The lowest BCUT2D eigenvalue weighted by Gasteiger charge is -2.20. The van der Waals surface area contributed by atoms with Gasteiger partial charge in [-0.1, -0.05) is 53.5 Å². The molecule has 0 spiro atoms. The van der Waals surface area contributed by atoms with Crippen LogP contribution in [0.15, 0.2) is 48.5 Å². The lowest BCUT2D eigenvalue weighted by Crippen LogP contribution is -2.37. The van der Waals surface area contributed by atoms with Crippen molar-refractivity contribution in [1.29, 1.82) is 0 Å². The fourth-order valence-electron chi connectivity index (χ4n) is 2.47. The van der Waals surface area contributed by atoms with Crippen molar-refractivity contribution in [2.75, 3.05) is 18.4 Å². The minimum absolute atomic E-state index is 0.00570. The molecule has 0 aromatic heterocycles. The van der Waals surface area contributed by atoms with Gasteiger partial charge in [0, 0.05) is 29.2 Å². The third-order valence-corrected chi connectivity index (χ3v) is 4.10. The lowest BCUT2D eigenvalue weighted by molar-refractivity contribution is -0.132. The number of hydrogen-bond donors (Lipinski definition) is 1. The topological polar surface area (TPSA) is 49.4 Å². The van der Waals surface area contributed by atoms with Gasteiger partial charge >= 0.3 is 0 Å². The molecule has 0 aliphatic rings. The van der Waals surface area contributed by atoms with Gasteiger partial charge in [-0.15, -0.1) is 0 Å². The molecular formula is C19H20Cl2N2O2. The van der Waals surface area contributed by atoms with E-state index in [2.05, 4.69) is 5.32 Å². The highest BCUT2D eigenvalue weighted by atomic mass is 35.5. The Morgan fingerprint density at radius 3 is 2.28 bits per heavy atom. The van der Waals surface area contributed by atoms with E-state index in [0.717, 1.165) is 12.8 Å². The van der Waals surface area contributed by atoms with Gasteiger partial charge in [-0.25, -0.2) is 0 Å². The maximum absolute atomic E-state index is 12.2. The maximum atomic E-state index is 12.2. The third kappa shape index (κ3) is 6.77. The van der Waals surface area contributed by atoms with Crippen LogP contribution in [0.3, 0.4) is 0 Å². The molecule has 0 radical (unpaired) electrons. The molecule has 0 saturated carbocycles. The molecule has 0 atom stereocenters. The van der Waals surface area contributed by atoms with E-state index in [-0.39, 0.29) is 18.4 Å².